The molecule has 2 rings (SSSR count). The van der Waals surface area contributed by atoms with Gasteiger partial charge in [-0.2, -0.15) is 0 Å². The molecule has 1 aromatic rings. The first kappa shape index (κ1) is 10.4. The van der Waals surface area contributed by atoms with Gasteiger partial charge in [-0.15, -0.1) is 0 Å². The standard InChI is InChI=1S/C12H14O3/c13-8-12-10(14)6-7-11(15-12)9-4-2-1-3-5-9/h1-7,10-14H,8H2/t10-,11+,12-/m1/s1. The Balaban J connectivity index is 2.16. The Kier molecular flexibility index (Phi) is 3.16. The van der Waals surface area contributed by atoms with E-state index in [0.717, 1.165) is 5.56 Å². The van der Waals surface area contributed by atoms with Crippen LogP contribution in [0.3, 0.4) is 0 Å². The van der Waals surface area contributed by atoms with Gasteiger partial charge in [-0.25, -0.2) is 0 Å². The maximum Gasteiger partial charge on any atom is 0.111 e. The van der Waals surface area contributed by atoms with Gasteiger partial charge in [0.2, 0.25) is 0 Å². The second kappa shape index (κ2) is 4.57. The zero-order chi connectivity index (χ0) is 10.7. The SMILES string of the molecule is OC[C@H]1O[C@H](c2ccccc2)C=C[C@H]1O. The van der Waals surface area contributed by atoms with Crippen molar-refractivity contribution in [3.05, 3.63) is 48.0 Å². The molecular weight excluding hydrogens is 192 g/mol. The molecule has 15 heavy (non-hydrogen) atoms. The molecule has 0 fully saturated rings. The first-order valence-corrected chi connectivity index (χ1v) is 4.99. The molecule has 2 N–H and O–H groups in total. The predicted octanol–water partition coefficient (Wildman–Crippen LogP) is 1.04. The van der Waals surface area contributed by atoms with Crippen LogP contribution in [0.15, 0.2) is 42.5 Å². The highest BCUT2D eigenvalue weighted by atomic mass is 16.5. The van der Waals surface area contributed by atoms with Gasteiger partial charge in [0.1, 0.15) is 18.3 Å². The van der Waals surface area contributed by atoms with E-state index in [0.29, 0.717) is 0 Å². The fraction of sp³-hybridized carbons (Fsp3) is 0.333. The molecule has 1 aliphatic heterocycles. The van der Waals surface area contributed by atoms with Crippen molar-refractivity contribution >= 4 is 0 Å². The van der Waals surface area contributed by atoms with Crippen molar-refractivity contribution in [2.24, 2.45) is 0 Å². The first-order valence-electron chi connectivity index (χ1n) is 4.99. The molecule has 0 bridgehead atoms. The molecule has 0 spiro atoms. The average Bonchev–Trinajstić information content (AvgIpc) is 2.31. The number of ether oxygens (including phenoxy) is 1. The Morgan fingerprint density at radius 3 is 2.53 bits per heavy atom. The molecule has 1 aliphatic rings. The topological polar surface area (TPSA) is 49.7 Å². The number of hydrogen-bond acceptors (Lipinski definition) is 3. The fourth-order valence-corrected chi connectivity index (χ4v) is 1.64. The molecule has 80 valence electrons. The Hall–Kier alpha value is -1.16. The number of rotatable bonds is 2. The summed E-state index contributed by atoms with van der Waals surface area (Å²) in [5, 5.41) is 18.5. The average molecular weight is 206 g/mol. The molecular formula is C12H14O3. The molecule has 0 saturated heterocycles. The number of aliphatic hydroxyl groups excluding tert-OH is 2. The summed E-state index contributed by atoms with van der Waals surface area (Å²) in [5.41, 5.74) is 1.03. The molecule has 0 radical (unpaired) electrons. The van der Waals surface area contributed by atoms with Crippen LogP contribution in [0.5, 0.6) is 0 Å². The minimum absolute atomic E-state index is 0.172. The largest absolute Gasteiger partial charge is 0.394 e. The van der Waals surface area contributed by atoms with E-state index in [9.17, 15) is 5.11 Å². The Bertz CT molecular complexity index is 334. The second-order valence-corrected chi connectivity index (χ2v) is 3.56. The van der Waals surface area contributed by atoms with Gasteiger partial charge in [0.25, 0.3) is 0 Å². The summed E-state index contributed by atoms with van der Waals surface area (Å²) in [6.45, 7) is -0.172. The monoisotopic (exact) mass is 206 g/mol. The van der Waals surface area contributed by atoms with E-state index in [-0.39, 0.29) is 12.7 Å². The van der Waals surface area contributed by atoms with E-state index >= 15 is 0 Å². The predicted molar refractivity (Wildman–Crippen MR) is 56.3 cm³/mol. The van der Waals surface area contributed by atoms with Crippen molar-refractivity contribution in [2.75, 3.05) is 6.61 Å². The quantitative estimate of drug-likeness (QED) is 0.711. The van der Waals surface area contributed by atoms with Gasteiger partial charge in [-0.05, 0) is 5.56 Å². The highest BCUT2D eigenvalue weighted by Gasteiger charge is 2.25. The van der Waals surface area contributed by atoms with E-state index in [1.54, 1.807) is 6.08 Å². The number of benzene rings is 1. The van der Waals surface area contributed by atoms with E-state index in [4.69, 9.17) is 9.84 Å². The summed E-state index contributed by atoms with van der Waals surface area (Å²) in [4.78, 5) is 0. The Labute approximate surface area is 88.6 Å². The van der Waals surface area contributed by atoms with Crippen LogP contribution in [-0.4, -0.2) is 29.0 Å². The van der Waals surface area contributed by atoms with Crippen molar-refractivity contribution in [2.45, 2.75) is 18.3 Å². The normalized spacial score (nSPS) is 30.4. The second-order valence-electron chi connectivity index (χ2n) is 3.56. The highest BCUT2D eigenvalue weighted by Crippen LogP contribution is 2.25. The van der Waals surface area contributed by atoms with Crippen molar-refractivity contribution in [1.82, 2.24) is 0 Å². The zero-order valence-corrected chi connectivity index (χ0v) is 8.28. The molecule has 0 aromatic heterocycles. The van der Waals surface area contributed by atoms with Crippen LogP contribution in [0.1, 0.15) is 11.7 Å². The number of aliphatic hydroxyl groups is 2. The Morgan fingerprint density at radius 1 is 1.13 bits per heavy atom. The van der Waals surface area contributed by atoms with Crippen LogP contribution in [0.2, 0.25) is 0 Å². The number of hydrogen-bond donors (Lipinski definition) is 2. The molecule has 1 aromatic carbocycles. The van der Waals surface area contributed by atoms with Gasteiger partial charge >= 0.3 is 0 Å². The third-order valence-corrected chi connectivity index (χ3v) is 2.49. The van der Waals surface area contributed by atoms with Gasteiger partial charge in [-0.1, -0.05) is 42.5 Å². The molecule has 0 unspecified atom stereocenters. The molecule has 3 heteroatoms. The lowest BCUT2D eigenvalue weighted by atomic mass is 10.0. The van der Waals surface area contributed by atoms with Crippen LogP contribution in [-0.2, 0) is 4.74 Å². The van der Waals surface area contributed by atoms with Gasteiger partial charge < -0.3 is 14.9 Å². The lowest BCUT2D eigenvalue weighted by Crippen LogP contribution is -2.34. The molecule has 0 amide bonds. The van der Waals surface area contributed by atoms with E-state index in [1.165, 1.54) is 0 Å². The summed E-state index contributed by atoms with van der Waals surface area (Å²) < 4.78 is 5.55. The zero-order valence-electron chi connectivity index (χ0n) is 8.28. The third-order valence-electron chi connectivity index (χ3n) is 2.49. The van der Waals surface area contributed by atoms with Crippen molar-refractivity contribution in [3.63, 3.8) is 0 Å². The summed E-state index contributed by atoms with van der Waals surface area (Å²) in [6, 6.07) is 9.73. The van der Waals surface area contributed by atoms with E-state index in [2.05, 4.69) is 0 Å². The smallest absolute Gasteiger partial charge is 0.111 e. The van der Waals surface area contributed by atoms with Crippen molar-refractivity contribution in [3.8, 4) is 0 Å². The molecule has 0 aliphatic carbocycles. The molecule has 3 atom stereocenters. The van der Waals surface area contributed by atoms with Crippen LogP contribution in [0.25, 0.3) is 0 Å². The summed E-state index contributed by atoms with van der Waals surface area (Å²) in [7, 11) is 0. The van der Waals surface area contributed by atoms with Crippen LogP contribution in [0.4, 0.5) is 0 Å². The molecule has 0 saturated carbocycles. The first-order chi connectivity index (χ1) is 7.31. The minimum atomic E-state index is -0.713. The molecule has 3 nitrogen and oxygen atoms in total. The van der Waals surface area contributed by atoms with Gasteiger partial charge in [-0.3, -0.25) is 0 Å². The summed E-state index contributed by atoms with van der Waals surface area (Å²) in [6.07, 6.45) is 2.07. The highest BCUT2D eigenvalue weighted by molar-refractivity contribution is 5.23. The van der Waals surface area contributed by atoms with Gasteiger partial charge in [0.15, 0.2) is 0 Å². The summed E-state index contributed by atoms with van der Waals surface area (Å²) >= 11 is 0. The molecule has 1 heterocycles. The summed E-state index contributed by atoms with van der Waals surface area (Å²) in [5.74, 6) is 0. The van der Waals surface area contributed by atoms with Gasteiger partial charge in [0.05, 0.1) is 6.61 Å². The Morgan fingerprint density at radius 2 is 1.87 bits per heavy atom. The fourth-order valence-electron chi connectivity index (χ4n) is 1.64. The van der Waals surface area contributed by atoms with Crippen LogP contribution >= 0.6 is 0 Å². The van der Waals surface area contributed by atoms with Crippen LogP contribution < -0.4 is 0 Å². The van der Waals surface area contributed by atoms with Gasteiger partial charge in [0, 0.05) is 0 Å². The van der Waals surface area contributed by atoms with E-state index < -0.39 is 12.2 Å². The lowest BCUT2D eigenvalue weighted by molar-refractivity contribution is -0.0805. The van der Waals surface area contributed by atoms with Crippen molar-refractivity contribution in [1.29, 1.82) is 0 Å². The maximum absolute atomic E-state index is 9.46. The van der Waals surface area contributed by atoms with Crippen LogP contribution in [0, 0.1) is 0 Å². The van der Waals surface area contributed by atoms with Crippen molar-refractivity contribution < 1.29 is 14.9 Å². The minimum Gasteiger partial charge on any atom is -0.394 e. The van der Waals surface area contributed by atoms with E-state index in [1.807, 2.05) is 36.4 Å². The third kappa shape index (κ3) is 2.26. The maximum atomic E-state index is 9.46. The lowest BCUT2D eigenvalue weighted by Gasteiger charge is -2.28.